The molecule has 0 spiro atoms. The molecule has 1 aromatic carbocycles. The summed E-state index contributed by atoms with van der Waals surface area (Å²) in [4.78, 5) is 16.0. The second-order valence-corrected chi connectivity index (χ2v) is 5.96. The Kier molecular flexibility index (Phi) is 6.18. The van der Waals surface area contributed by atoms with E-state index < -0.39 is 17.7 Å². The molecule has 0 fully saturated rings. The van der Waals surface area contributed by atoms with Gasteiger partial charge >= 0.3 is 5.97 Å². The van der Waals surface area contributed by atoms with Crippen LogP contribution in [0, 0.1) is 12.4 Å². The number of halogens is 2. The van der Waals surface area contributed by atoms with Crippen LogP contribution in [0.4, 0.5) is 4.39 Å². The first-order valence-corrected chi connectivity index (χ1v) is 8.04. The number of aliphatic hydroxyl groups excluding tert-OH is 1. The topological polar surface area (TPSA) is 62.9 Å². The van der Waals surface area contributed by atoms with Crippen LogP contribution >= 0.6 is 11.6 Å². The monoisotopic (exact) mass is 364 g/mol. The van der Waals surface area contributed by atoms with Crippen LogP contribution in [-0.4, -0.2) is 24.8 Å². The van der Waals surface area contributed by atoms with E-state index in [4.69, 9.17) is 28.0 Å². The number of methoxy groups -OCH3 is 1. The van der Waals surface area contributed by atoms with E-state index in [0.29, 0.717) is 35.5 Å². The number of hydrogen-bond acceptors (Lipinski definition) is 4. The Hall–Kier alpha value is -2.36. The van der Waals surface area contributed by atoms with Crippen molar-refractivity contribution >= 4 is 17.6 Å². The third-order valence-electron chi connectivity index (χ3n) is 3.99. The van der Waals surface area contributed by atoms with Gasteiger partial charge in [-0.2, -0.15) is 0 Å². The number of nitrogens with zero attached hydrogens (tertiary/aromatic N) is 1. The number of benzene rings is 1. The molecule has 1 heterocycles. The van der Waals surface area contributed by atoms with Crippen LogP contribution < -0.4 is 5.32 Å². The molecular weight excluding hydrogens is 347 g/mol. The maximum Gasteiger partial charge on any atom is 0.335 e. The largest absolute Gasteiger partial charge is 0.466 e. The second kappa shape index (κ2) is 8.15. The van der Waals surface area contributed by atoms with Crippen LogP contribution in [0.1, 0.15) is 31.2 Å². The van der Waals surface area contributed by atoms with E-state index >= 15 is 0 Å². The number of hydrogen-bond donors (Lipinski definition) is 2. The normalized spacial score (nSPS) is 17.2. The molecule has 1 aliphatic heterocycles. The Bertz CT molecular complexity index is 796. The first-order chi connectivity index (χ1) is 11.9. The van der Waals surface area contributed by atoms with Crippen molar-refractivity contribution in [3.63, 3.8) is 0 Å². The molecule has 0 saturated heterocycles. The molecule has 2 rings (SSSR count). The highest BCUT2D eigenvalue weighted by Gasteiger charge is 2.36. The summed E-state index contributed by atoms with van der Waals surface area (Å²) in [6.07, 6.45) is 0.839. The number of dihydropyridines is 1. The molecule has 0 bridgehead atoms. The molecule has 132 valence electrons. The predicted molar refractivity (Wildman–Crippen MR) is 92.0 cm³/mol. The van der Waals surface area contributed by atoms with Gasteiger partial charge < -0.3 is 15.2 Å². The molecule has 2 N–H and O–H groups in total. The Morgan fingerprint density at radius 1 is 1.52 bits per heavy atom. The number of carbonyl (C=O) groups excluding carboxylic acids is 1. The van der Waals surface area contributed by atoms with Gasteiger partial charge in [-0.3, -0.25) is 0 Å². The molecule has 0 radical (unpaired) electrons. The Morgan fingerprint density at radius 2 is 2.24 bits per heavy atom. The van der Waals surface area contributed by atoms with Crippen molar-refractivity contribution in [2.24, 2.45) is 0 Å². The van der Waals surface area contributed by atoms with Crippen molar-refractivity contribution in [3.8, 4) is 0 Å². The van der Waals surface area contributed by atoms with Crippen LogP contribution in [0.15, 0.2) is 40.9 Å². The SMILES string of the molecule is [C-]#[N+]C1=C(C)NC(CCCO)=C(C(=O)OC)C1c1ccc(F)cc1Cl. The van der Waals surface area contributed by atoms with Crippen LogP contribution in [-0.2, 0) is 9.53 Å². The Balaban J connectivity index is 2.69. The maximum atomic E-state index is 13.4. The van der Waals surface area contributed by atoms with E-state index in [2.05, 4.69) is 10.2 Å². The maximum absolute atomic E-state index is 13.4. The van der Waals surface area contributed by atoms with E-state index in [-0.39, 0.29) is 17.2 Å². The number of allylic oxidation sites excluding steroid dienone is 3. The number of esters is 1. The summed E-state index contributed by atoms with van der Waals surface area (Å²) in [5.74, 6) is -1.86. The van der Waals surface area contributed by atoms with Crippen molar-refractivity contribution < 1.29 is 19.0 Å². The smallest absolute Gasteiger partial charge is 0.335 e. The summed E-state index contributed by atoms with van der Waals surface area (Å²) in [5.41, 5.74) is 2.15. The Labute approximate surface area is 150 Å². The lowest BCUT2D eigenvalue weighted by atomic mass is 9.83. The minimum Gasteiger partial charge on any atom is -0.466 e. The van der Waals surface area contributed by atoms with Gasteiger partial charge in [0.05, 0.1) is 25.2 Å². The molecule has 1 unspecified atom stereocenters. The van der Waals surface area contributed by atoms with Crippen LogP contribution in [0.3, 0.4) is 0 Å². The van der Waals surface area contributed by atoms with Crippen molar-refractivity contribution in [1.29, 1.82) is 0 Å². The molecule has 5 nitrogen and oxygen atoms in total. The van der Waals surface area contributed by atoms with E-state index in [0.717, 1.165) is 6.07 Å². The average Bonchev–Trinajstić information content (AvgIpc) is 2.58. The van der Waals surface area contributed by atoms with E-state index in [1.54, 1.807) is 6.92 Å². The van der Waals surface area contributed by atoms with Crippen LogP contribution in [0.5, 0.6) is 0 Å². The van der Waals surface area contributed by atoms with Gasteiger partial charge in [0, 0.05) is 23.0 Å². The summed E-state index contributed by atoms with van der Waals surface area (Å²) in [6, 6.07) is 3.86. The molecule has 0 aromatic heterocycles. The van der Waals surface area contributed by atoms with Gasteiger partial charge in [-0.05, 0) is 37.5 Å². The summed E-state index contributed by atoms with van der Waals surface area (Å²) in [6.45, 7) is 9.19. The minimum absolute atomic E-state index is 0.0416. The number of rotatable bonds is 5. The molecule has 7 heteroatoms. The molecular formula is C18H18ClFN2O3. The third kappa shape index (κ3) is 3.84. The lowest BCUT2D eigenvalue weighted by Crippen LogP contribution is -2.29. The average molecular weight is 365 g/mol. The highest BCUT2D eigenvalue weighted by atomic mass is 35.5. The predicted octanol–water partition coefficient (Wildman–Crippen LogP) is 3.52. The van der Waals surface area contributed by atoms with Crippen LogP contribution in [0.25, 0.3) is 4.85 Å². The molecule has 1 aliphatic rings. The van der Waals surface area contributed by atoms with Crippen molar-refractivity contribution in [2.45, 2.75) is 25.7 Å². The van der Waals surface area contributed by atoms with Crippen molar-refractivity contribution in [2.75, 3.05) is 13.7 Å². The van der Waals surface area contributed by atoms with Crippen molar-refractivity contribution in [1.82, 2.24) is 5.32 Å². The summed E-state index contributed by atoms with van der Waals surface area (Å²) in [5, 5.41) is 12.3. The highest BCUT2D eigenvalue weighted by molar-refractivity contribution is 6.31. The number of ether oxygens (including phenoxy) is 1. The molecule has 0 saturated carbocycles. The van der Waals surface area contributed by atoms with E-state index in [1.807, 2.05) is 0 Å². The summed E-state index contributed by atoms with van der Waals surface area (Å²) >= 11 is 6.20. The zero-order chi connectivity index (χ0) is 18.6. The van der Waals surface area contributed by atoms with Gasteiger partial charge in [-0.25, -0.2) is 14.0 Å². The van der Waals surface area contributed by atoms with Crippen molar-refractivity contribution in [3.05, 3.63) is 68.7 Å². The lowest BCUT2D eigenvalue weighted by Gasteiger charge is -2.30. The first kappa shape index (κ1) is 19.0. The van der Waals surface area contributed by atoms with E-state index in [9.17, 15) is 9.18 Å². The fraction of sp³-hybridized carbons (Fsp3) is 0.333. The Morgan fingerprint density at radius 3 is 2.80 bits per heavy atom. The fourth-order valence-electron chi connectivity index (χ4n) is 2.88. The van der Waals surface area contributed by atoms with Gasteiger partial charge in [0.1, 0.15) is 5.82 Å². The summed E-state index contributed by atoms with van der Waals surface area (Å²) in [7, 11) is 1.25. The lowest BCUT2D eigenvalue weighted by molar-refractivity contribution is -0.136. The van der Waals surface area contributed by atoms with E-state index in [1.165, 1.54) is 19.2 Å². The molecule has 0 amide bonds. The first-order valence-electron chi connectivity index (χ1n) is 7.67. The molecule has 0 aliphatic carbocycles. The molecule has 25 heavy (non-hydrogen) atoms. The zero-order valence-electron chi connectivity index (χ0n) is 13.9. The minimum atomic E-state index is -0.756. The van der Waals surface area contributed by atoms with Gasteiger partial charge in [-0.15, -0.1) is 0 Å². The third-order valence-corrected chi connectivity index (χ3v) is 4.32. The number of aliphatic hydroxyl groups is 1. The summed E-state index contributed by atoms with van der Waals surface area (Å²) < 4.78 is 18.3. The fourth-order valence-corrected chi connectivity index (χ4v) is 3.15. The standard InChI is InChI=1S/C18H18ClFN2O3/c1-10-17(21-2)15(12-7-6-11(20)9-13(12)19)16(18(24)25-3)14(22-10)5-4-8-23/h6-7,9,15,22-23H,4-5,8H2,1,3H3. The number of carbonyl (C=O) groups is 1. The number of nitrogens with one attached hydrogen (secondary N) is 1. The van der Waals surface area contributed by atoms with Gasteiger partial charge in [0.2, 0.25) is 0 Å². The quantitative estimate of drug-likeness (QED) is 0.620. The van der Waals surface area contributed by atoms with Gasteiger partial charge in [-0.1, -0.05) is 17.7 Å². The van der Waals surface area contributed by atoms with Crippen LogP contribution in [0.2, 0.25) is 5.02 Å². The zero-order valence-corrected chi connectivity index (χ0v) is 14.7. The second-order valence-electron chi connectivity index (χ2n) is 5.56. The molecule has 1 atom stereocenters. The highest BCUT2D eigenvalue weighted by Crippen LogP contribution is 2.42. The van der Waals surface area contributed by atoms with Gasteiger partial charge in [0.15, 0.2) is 5.70 Å². The van der Waals surface area contributed by atoms with Gasteiger partial charge in [0.25, 0.3) is 0 Å². The molecule has 1 aromatic rings.